The number of carbonyl (C=O) groups excluding carboxylic acids is 1. The largest absolute Gasteiger partial charge is 0.479 e. The van der Waals surface area contributed by atoms with E-state index in [2.05, 4.69) is 22.2 Å². The normalized spacial score (nSPS) is 16.0. The minimum atomic E-state index is -0.777. The van der Waals surface area contributed by atoms with Gasteiger partial charge in [0.05, 0.1) is 5.02 Å². The van der Waals surface area contributed by atoms with E-state index in [0.29, 0.717) is 5.69 Å². The number of nitrogens with one attached hydrogen (secondary N) is 1. The van der Waals surface area contributed by atoms with Crippen molar-refractivity contribution >= 4 is 28.9 Å². The molecule has 0 aliphatic carbocycles. The van der Waals surface area contributed by atoms with Crippen molar-refractivity contribution in [1.29, 1.82) is 0 Å². The summed E-state index contributed by atoms with van der Waals surface area (Å²) in [6, 6.07) is 9.71. The molecule has 3 rings (SSSR count). The molecule has 0 aromatic heterocycles. The second kappa shape index (κ2) is 8.80. The zero-order valence-electron chi connectivity index (χ0n) is 16.3. The Morgan fingerprint density at radius 3 is 2.54 bits per heavy atom. The third-order valence-corrected chi connectivity index (χ3v) is 5.17. The van der Waals surface area contributed by atoms with Crippen LogP contribution in [0.5, 0.6) is 5.75 Å². The molecule has 2 aromatic rings. The van der Waals surface area contributed by atoms with Gasteiger partial charge in [-0.05, 0) is 62.9 Å². The number of likely N-dealkylation sites (N-methyl/N-ethyl adjacent to an activating group) is 1. The predicted octanol–water partition coefficient (Wildman–Crippen LogP) is 3.95. The molecular weight excluding hydrogens is 381 g/mol. The van der Waals surface area contributed by atoms with E-state index in [1.807, 2.05) is 25.1 Å². The highest BCUT2D eigenvalue weighted by atomic mass is 35.5. The van der Waals surface area contributed by atoms with Crippen molar-refractivity contribution in [3.8, 4) is 5.75 Å². The molecule has 1 saturated heterocycles. The summed E-state index contributed by atoms with van der Waals surface area (Å²) in [6.45, 7) is 7.73. The maximum Gasteiger partial charge on any atom is 0.265 e. The van der Waals surface area contributed by atoms with Crippen molar-refractivity contribution in [2.75, 3.05) is 43.4 Å². The molecule has 1 heterocycles. The number of benzene rings is 2. The molecule has 5 nitrogen and oxygen atoms in total. The van der Waals surface area contributed by atoms with Crippen LogP contribution >= 0.6 is 11.6 Å². The molecule has 1 fully saturated rings. The first-order valence-corrected chi connectivity index (χ1v) is 9.68. The van der Waals surface area contributed by atoms with Gasteiger partial charge in [-0.15, -0.1) is 0 Å². The highest BCUT2D eigenvalue weighted by Crippen LogP contribution is 2.27. The van der Waals surface area contributed by atoms with Gasteiger partial charge in [-0.1, -0.05) is 11.6 Å². The van der Waals surface area contributed by atoms with Crippen molar-refractivity contribution in [2.45, 2.75) is 20.0 Å². The SMILES string of the molecule is Cc1cc(NC(=O)C(C)Oc2ccc(F)cc2Cl)ccc1N1CCN(C)CC1. The minimum Gasteiger partial charge on any atom is -0.479 e. The van der Waals surface area contributed by atoms with Crippen molar-refractivity contribution in [1.82, 2.24) is 4.90 Å². The number of anilines is 2. The van der Waals surface area contributed by atoms with Gasteiger partial charge in [0.1, 0.15) is 11.6 Å². The molecule has 0 saturated carbocycles. The van der Waals surface area contributed by atoms with Crippen LogP contribution in [0.2, 0.25) is 5.02 Å². The Morgan fingerprint density at radius 1 is 1.18 bits per heavy atom. The van der Waals surface area contributed by atoms with E-state index >= 15 is 0 Å². The van der Waals surface area contributed by atoms with Crippen molar-refractivity contribution in [2.24, 2.45) is 0 Å². The molecule has 1 atom stereocenters. The number of piperazine rings is 1. The maximum atomic E-state index is 13.1. The zero-order chi connectivity index (χ0) is 20.3. The lowest BCUT2D eigenvalue weighted by molar-refractivity contribution is -0.122. The Bertz CT molecular complexity index is 854. The molecule has 0 spiro atoms. The lowest BCUT2D eigenvalue weighted by atomic mass is 10.1. The Kier molecular flexibility index (Phi) is 6.42. The Morgan fingerprint density at radius 2 is 1.89 bits per heavy atom. The number of nitrogens with zero attached hydrogens (tertiary/aromatic N) is 2. The van der Waals surface area contributed by atoms with Crippen molar-refractivity contribution in [3.63, 3.8) is 0 Å². The number of amides is 1. The van der Waals surface area contributed by atoms with E-state index in [-0.39, 0.29) is 16.7 Å². The van der Waals surface area contributed by atoms with Gasteiger partial charge < -0.3 is 19.9 Å². The number of halogens is 2. The second-order valence-electron chi connectivity index (χ2n) is 7.12. The molecular formula is C21H25ClFN3O2. The zero-order valence-corrected chi connectivity index (χ0v) is 17.1. The second-order valence-corrected chi connectivity index (χ2v) is 7.52. The molecule has 1 aliphatic heterocycles. The Balaban J connectivity index is 1.62. The summed E-state index contributed by atoms with van der Waals surface area (Å²) >= 11 is 5.96. The average molecular weight is 406 g/mol. The number of ether oxygens (including phenoxy) is 1. The quantitative estimate of drug-likeness (QED) is 0.818. The molecule has 28 heavy (non-hydrogen) atoms. The first-order valence-electron chi connectivity index (χ1n) is 9.30. The summed E-state index contributed by atoms with van der Waals surface area (Å²) in [5, 5.41) is 2.99. The van der Waals surface area contributed by atoms with Crippen molar-refractivity contribution < 1.29 is 13.9 Å². The minimum absolute atomic E-state index is 0.132. The smallest absolute Gasteiger partial charge is 0.265 e. The molecule has 1 N–H and O–H groups in total. The summed E-state index contributed by atoms with van der Waals surface area (Å²) in [5.41, 5.74) is 3.01. The molecule has 1 aliphatic rings. The fourth-order valence-electron chi connectivity index (χ4n) is 3.19. The van der Waals surface area contributed by atoms with Crippen LogP contribution < -0.4 is 15.0 Å². The van der Waals surface area contributed by atoms with Crippen LogP contribution in [0, 0.1) is 12.7 Å². The Labute approximate surface area is 170 Å². The number of aryl methyl sites for hydroxylation is 1. The van der Waals surface area contributed by atoms with Crippen molar-refractivity contribution in [3.05, 3.63) is 52.8 Å². The van der Waals surface area contributed by atoms with Crippen LogP contribution in [0.3, 0.4) is 0 Å². The number of rotatable bonds is 5. The predicted molar refractivity (Wildman–Crippen MR) is 111 cm³/mol. The van der Waals surface area contributed by atoms with Crippen LogP contribution in [0.4, 0.5) is 15.8 Å². The standard InChI is InChI=1S/C21H25ClFN3O2/c1-14-12-17(5-6-19(14)26-10-8-25(3)9-11-26)24-21(27)15(2)28-20-7-4-16(23)13-18(20)22/h4-7,12-13,15H,8-11H2,1-3H3,(H,24,27). The van der Waals surface area contributed by atoms with Gasteiger partial charge in [-0.25, -0.2) is 4.39 Å². The summed E-state index contributed by atoms with van der Waals surface area (Å²) in [4.78, 5) is 17.1. The molecule has 0 bridgehead atoms. The van der Waals surface area contributed by atoms with E-state index in [1.54, 1.807) is 6.92 Å². The van der Waals surface area contributed by atoms with Gasteiger partial charge in [0.2, 0.25) is 0 Å². The van der Waals surface area contributed by atoms with Gasteiger partial charge in [0.15, 0.2) is 6.10 Å². The topological polar surface area (TPSA) is 44.8 Å². The first-order chi connectivity index (χ1) is 13.3. The van der Waals surface area contributed by atoms with Gasteiger partial charge in [-0.3, -0.25) is 4.79 Å². The van der Waals surface area contributed by atoms with Crippen LogP contribution in [-0.4, -0.2) is 50.1 Å². The summed E-state index contributed by atoms with van der Waals surface area (Å²) in [5.74, 6) is -0.482. The number of carbonyl (C=O) groups is 1. The number of hydrogen-bond acceptors (Lipinski definition) is 4. The highest BCUT2D eigenvalue weighted by molar-refractivity contribution is 6.32. The van der Waals surface area contributed by atoms with E-state index < -0.39 is 11.9 Å². The molecule has 0 radical (unpaired) electrons. The van der Waals surface area contributed by atoms with Crippen LogP contribution in [0.15, 0.2) is 36.4 Å². The van der Waals surface area contributed by atoms with Crippen LogP contribution in [-0.2, 0) is 4.79 Å². The van der Waals surface area contributed by atoms with E-state index in [4.69, 9.17) is 16.3 Å². The number of hydrogen-bond donors (Lipinski definition) is 1. The Hall–Kier alpha value is -2.31. The highest BCUT2D eigenvalue weighted by Gasteiger charge is 2.19. The molecule has 150 valence electrons. The molecule has 1 unspecified atom stereocenters. The van der Waals surface area contributed by atoms with Gasteiger partial charge >= 0.3 is 0 Å². The fraction of sp³-hybridized carbons (Fsp3) is 0.381. The van der Waals surface area contributed by atoms with Gasteiger partial charge in [0, 0.05) is 37.6 Å². The lowest BCUT2D eigenvalue weighted by Crippen LogP contribution is -2.44. The molecule has 2 aromatic carbocycles. The van der Waals surface area contributed by atoms with E-state index in [1.165, 1.54) is 17.8 Å². The van der Waals surface area contributed by atoms with Gasteiger partial charge in [-0.2, -0.15) is 0 Å². The molecule has 7 heteroatoms. The van der Waals surface area contributed by atoms with E-state index in [9.17, 15) is 9.18 Å². The fourth-order valence-corrected chi connectivity index (χ4v) is 3.41. The lowest BCUT2D eigenvalue weighted by Gasteiger charge is -2.35. The summed E-state index contributed by atoms with van der Waals surface area (Å²) in [7, 11) is 2.13. The average Bonchev–Trinajstić information content (AvgIpc) is 2.65. The van der Waals surface area contributed by atoms with Gasteiger partial charge in [0.25, 0.3) is 5.91 Å². The third kappa shape index (κ3) is 4.94. The monoisotopic (exact) mass is 405 g/mol. The van der Waals surface area contributed by atoms with E-state index in [0.717, 1.165) is 37.8 Å². The maximum absolute atomic E-state index is 13.1. The first kappa shape index (κ1) is 20.4. The summed E-state index contributed by atoms with van der Waals surface area (Å²) < 4.78 is 18.7. The summed E-state index contributed by atoms with van der Waals surface area (Å²) in [6.07, 6.45) is -0.777. The molecule has 1 amide bonds. The van der Waals surface area contributed by atoms with Crippen LogP contribution in [0.25, 0.3) is 0 Å². The van der Waals surface area contributed by atoms with Crippen LogP contribution in [0.1, 0.15) is 12.5 Å². The third-order valence-electron chi connectivity index (χ3n) is 4.88.